The van der Waals surface area contributed by atoms with E-state index in [0.717, 1.165) is 24.4 Å². The van der Waals surface area contributed by atoms with Gasteiger partial charge < -0.3 is 5.32 Å². The van der Waals surface area contributed by atoms with Gasteiger partial charge in [0.1, 0.15) is 5.01 Å². The van der Waals surface area contributed by atoms with Crippen molar-refractivity contribution in [2.75, 3.05) is 11.9 Å². The van der Waals surface area contributed by atoms with Crippen LogP contribution in [0.5, 0.6) is 0 Å². The van der Waals surface area contributed by atoms with Crippen LogP contribution < -0.4 is 10.6 Å². The minimum atomic E-state index is -0.0635. The third-order valence-electron chi connectivity index (χ3n) is 2.54. The van der Waals surface area contributed by atoms with Crippen molar-refractivity contribution in [3.8, 4) is 0 Å². The van der Waals surface area contributed by atoms with E-state index in [9.17, 15) is 4.79 Å². The Morgan fingerprint density at radius 3 is 2.94 bits per heavy atom. The largest absolute Gasteiger partial charge is 0.306 e. The van der Waals surface area contributed by atoms with Crippen LogP contribution in [-0.4, -0.2) is 28.7 Å². The Morgan fingerprint density at radius 2 is 2.38 bits per heavy atom. The van der Waals surface area contributed by atoms with E-state index in [4.69, 9.17) is 0 Å². The molecule has 0 aliphatic carbocycles. The molecule has 16 heavy (non-hydrogen) atoms. The van der Waals surface area contributed by atoms with Gasteiger partial charge in [-0.05, 0) is 19.4 Å². The Hall–Kier alpha value is -1.01. The summed E-state index contributed by atoms with van der Waals surface area (Å²) in [5.74, 6) is 0.358. The normalized spacial score (nSPS) is 20.3. The Balaban J connectivity index is 1.95. The highest BCUT2D eigenvalue weighted by atomic mass is 32.1. The Bertz CT molecular complexity index is 371. The van der Waals surface area contributed by atoms with Crippen LogP contribution in [0.4, 0.5) is 5.13 Å². The van der Waals surface area contributed by atoms with Crippen molar-refractivity contribution in [3.63, 3.8) is 0 Å². The zero-order valence-corrected chi connectivity index (χ0v) is 10.3. The second kappa shape index (κ2) is 4.88. The summed E-state index contributed by atoms with van der Waals surface area (Å²) in [6.45, 7) is 5.04. The van der Waals surface area contributed by atoms with Crippen LogP contribution in [0.3, 0.4) is 0 Å². The topological polar surface area (TPSA) is 66.9 Å². The van der Waals surface area contributed by atoms with Crippen LogP contribution in [0.25, 0.3) is 0 Å². The van der Waals surface area contributed by atoms with E-state index in [1.54, 1.807) is 0 Å². The molecule has 0 aromatic carbocycles. The maximum atomic E-state index is 11.8. The third-order valence-corrected chi connectivity index (χ3v) is 3.68. The van der Waals surface area contributed by atoms with Crippen LogP contribution in [0.2, 0.25) is 0 Å². The van der Waals surface area contributed by atoms with E-state index in [2.05, 4.69) is 34.7 Å². The SMILES string of the molecule is CC(C)c1nnc(NC(=O)[C@@H]2CCCN2)s1. The highest BCUT2D eigenvalue weighted by Crippen LogP contribution is 2.22. The maximum absolute atomic E-state index is 11.8. The van der Waals surface area contributed by atoms with Crippen molar-refractivity contribution in [3.05, 3.63) is 5.01 Å². The molecule has 1 aromatic rings. The average molecular weight is 240 g/mol. The van der Waals surface area contributed by atoms with Gasteiger partial charge in [-0.1, -0.05) is 25.2 Å². The number of nitrogens with zero attached hydrogens (tertiary/aromatic N) is 2. The molecule has 88 valence electrons. The van der Waals surface area contributed by atoms with Gasteiger partial charge in [0.25, 0.3) is 0 Å². The van der Waals surface area contributed by atoms with Crippen molar-refractivity contribution in [2.24, 2.45) is 0 Å². The highest BCUT2D eigenvalue weighted by Gasteiger charge is 2.23. The van der Waals surface area contributed by atoms with Gasteiger partial charge in [0.2, 0.25) is 11.0 Å². The number of nitrogens with one attached hydrogen (secondary N) is 2. The fourth-order valence-electron chi connectivity index (χ4n) is 1.62. The lowest BCUT2D eigenvalue weighted by Gasteiger charge is -2.07. The van der Waals surface area contributed by atoms with E-state index >= 15 is 0 Å². The zero-order chi connectivity index (χ0) is 11.5. The van der Waals surface area contributed by atoms with E-state index in [-0.39, 0.29) is 11.9 Å². The van der Waals surface area contributed by atoms with Gasteiger partial charge in [-0.15, -0.1) is 10.2 Å². The first-order chi connectivity index (χ1) is 7.66. The minimum absolute atomic E-state index is 0.00366. The molecule has 1 aliphatic heterocycles. The molecule has 1 saturated heterocycles. The monoisotopic (exact) mass is 240 g/mol. The van der Waals surface area contributed by atoms with Crippen LogP contribution in [0, 0.1) is 0 Å². The molecule has 1 aromatic heterocycles. The molecule has 1 fully saturated rings. The fourth-order valence-corrected chi connectivity index (χ4v) is 2.37. The molecule has 2 heterocycles. The molecule has 1 aliphatic rings. The number of anilines is 1. The molecule has 0 unspecified atom stereocenters. The number of carbonyl (C=O) groups is 1. The molecule has 2 N–H and O–H groups in total. The fraction of sp³-hybridized carbons (Fsp3) is 0.700. The summed E-state index contributed by atoms with van der Waals surface area (Å²) in [6.07, 6.45) is 1.97. The van der Waals surface area contributed by atoms with Crippen molar-refractivity contribution in [1.82, 2.24) is 15.5 Å². The number of amides is 1. The van der Waals surface area contributed by atoms with Gasteiger partial charge in [-0.2, -0.15) is 0 Å². The lowest BCUT2D eigenvalue weighted by molar-refractivity contribution is -0.117. The number of aromatic nitrogens is 2. The first-order valence-corrected chi connectivity index (χ1v) is 6.36. The molecule has 5 nitrogen and oxygen atoms in total. The minimum Gasteiger partial charge on any atom is -0.306 e. The van der Waals surface area contributed by atoms with E-state index in [1.807, 2.05) is 0 Å². The van der Waals surface area contributed by atoms with Gasteiger partial charge in [0.15, 0.2) is 0 Å². The van der Waals surface area contributed by atoms with Crippen molar-refractivity contribution in [2.45, 2.75) is 38.6 Å². The van der Waals surface area contributed by atoms with Gasteiger partial charge in [-0.3, -0.25) is 10.1 Å². The van der Waals surface area contributed by atoms with Crippen molar-refractivity contribution < 1.29 is 4.79 Å². The lowest BCUT2D eigenvalue weighted by Crippen LogP contribution is -2.35. The van der Waals surface area contributed by atoms with Crippen LogP contribution in [-0.2, 0) is 4.79 Å². The quantitative estimate of drug-likeness (QED) is 0.837. The summed E-state index contributed by atoms with van der Waals surface area (Å²) >= 11 is 1.45. The first-order valence-electron chi connectivity index (χ1n) is 5.54. The molecule has 0 radical (unpaired) electrons. The standard InChI is InChI=1S/C10H16N4OS/c1-6(2)9-13-14-10(16-9)12-8(15)7-4-3-5-11-7/h6-7,11H,3-5H2,1-2H3,(H,12,14,15)/t7-/m0/s1. The molecule has 6 heteroatoms. The summed E-state index contributed by atoms with van der Waals surface area (Å²) < 4.78 is 0. The van der Waals surface area contributed by atoms with Gasteiger partial charge in [0.05, 0.1) is 6.04 Å². The van der Waals surface area contributed by atoms with Crippen LogP contribution >= 0.6 is 11.3 Å². The predicted octanol–water partition coefficient (Wildman–Crippen LogP) is 1.35. The third kappa shape index (κ3) is 2.56. The van der Waals surface area contributed by atoms with Gasteiger partial charge >= 0.3 is 0 Å². The molecule has 1 atom stereocenters. The van der Waals surface area contributed by atoms with Gasteiger partial charge in [0, 0.05) is 5.92 Å². The predicted molar refractivity (Wildman–Crippen MR) is 63.7 cm³/mol. The average Bonchev–Trinajstić information content (AvgIpc) is 2.87. The number of carbonyl (C=O) groups excluding carboxylic acids is 1. The molecule has 0 saturated carbocycles. The second-order valence-corrected chi connectivity index (χ2v) is 5.25. The molecule has 2 rings (SSSR count). The number of rotatable bonds is 3. The van der Waals surface area contributed by atoms with Crippen molar-refractivity contribution >= 4 is 22.4 Å². The van der Waals surface area contributed by atoms with E-state index in [0.29, 0.717) is 11.0 Å². The molecule has 1 amide bonds. The molecule has 0 spiro atoms. The zero-order valence-electron chi connectivity index (χ0n) is 9.49. The van der Waals surface area contributed by atoms with Crippen LogP contribution in [0.1, 0.15) is 37.6 Å². The number of hydrogen-bond donors (Lipinski definition) is 2. The number of hydrogen-bond acceptors (Lipinski definition) is 5. The summed E-state index contributed by atoms with van der Waals surface area (Å²) in [4.78, 5) is 11.8. The molecular weight excluding hydrogens is 224 g/mol. The van der Waals surface area contributed by atoms with Crippen LogP contribution in [0.15, 0.2) is 0 Å². The Kier molecular flexibility index (Phi) is 3.50. The summed E-state index contributed by atoms with van der Waals surface area (Å²) in [5.41, 5.74) is 0. The lowest BCUT2D eigenvalue weighted by atomic mass is 10.2. The second-order valence-electron chi connectivity index (χ2n) is 4.24. The Morgan fingerprint density at radius 1 is 1.56 bits per heavy atom. The molecule has 0 bridgehead atoms. The molecular formula is C10H16N4OS. The van der Waals surface area contributed by atoms with Gasteiger partial charge in [-0.25, -0.2) is 0 Å². The smallest absolute Gasteiger partial charge is 0.243 e. The summed E-state index contributed by atoms with van der Waals surface area (Å²) in [5, 5.41) is 15.5. The van der Waals surface area contributed by atoms with E-state index < -0.39 is 0 Å². The summed E-state index contributed by atoms with van der Waals surface area (Å²) in [7, 11) is 0. The van der Waals surface area contributed by atoms with Crippen molar-refractivity contribution in [1.29, 1.82) is 0 Å². The summed E-state index contributed by atoms with van der Waals surface area (Å²) in [6, 6.07) is -0.0635. The Labute approximate surface area is 98.7 Å². The van der Waals surface area contributed by atoms with E-state index in [1.165, 1.54) is 11.3 Å². The first kappa shape index (κ1) is 11.5. The highest BCUT2D eigenvalue weighted by molar-refractivity contribution is 7.15. The maximum Gasteiger partial charge on any atom is 0.243 e.